The third-order valence-electron chi connectivity index (χ3n) is 5.17. The van der Waals surface area contributed by atoms with Gasteiger partial charge in [0, 0.05) is 0 Å². The average Bonchev–Trinajstić information content (AvgIpc) is 2.73. The van der Waals surface area contributed by atoms with E-state index in [1.54, 1.807) is 72.7 Å². The summed E-state index contributed by atoms with van der Waals surface area (Å²) in [6.45, 7) is 12.0. The van der Waals surface area contributed by atoms with Gasteiger partial charge in [-0.1, -0.05) is 58.0 Å². The maximum absolute atomic E-state index is 13.0. The summed E-state index contributed by atoms with van der Waals surface area (Å²) in [7, 11) is 0. The molecule has 1 rings (SSSR count). The monoisotopic (exact) mass is 492 g/mol. The molecule has 0 aromatic heterocycles. The minimum absolute atomic E-state index is 0.143. The van der Waals surface area contributed by atoms with Gasteiger partial charge >= 0.3 is 6.09 Å². The van der Waals surface area contributed by atoms with Crippen LogP contribution in [0.25, 0.3) is 0 Å². The molecule has 1 aromatic rings. The lowest BCUT2D eigenvalue weighted by molar-refractivity contribution is -0.137. The van der Waals surface area contributed by atoms with Gasteiger partial charge in [-0.25, -0.2) is 4.79 Å². The highest BCUT2D eigenvalue weighted by atomic mass is 16.6. The molecule has 10 heteroatoms. The van der Waals surface area contributed by atoms with Crippen LogP contribution in [0.3, 0.4) is 0 Å². The molecule has 0 unspecified atom stereocenters. The van der Waals surface area contributed by atoms with Crippen LogP contribution in [-0.4, -0.2) is 58.8 Å². The van der Waals surface area contributed by atoms with Crippen molar-refractivity contribution in [1.29, 1.82) is 0 Å². The number of nitrogens with two attached hydrogens (primary N) is 1. The van der Waals surface area contributed by atoms with Crippen molar-refractivity contribution in [2.24, 2.45) is 17.6 Å². The molecule has 4 amide bonds. The highest BCUT2D eigenvalue weighted by molar-refractivity contribution is 5.93. The van der Waals surface area contributed by atoms with E-state index in [9.17, 15) is 24.3 Å². The summed E-state index contributed by atoms with van der Waals surface area (Å²) < 4.78 is 5.28. The minimum Gasteiger partial charge on any atom is -0.444 e. The second-order valence-electron chi connectivity index (χ2n) is 10.3. The first kappa shape index (κ1) is 29.9. The molecule has 1 aromatic carbocycles. The number of aliphatic hydroxyl groups is 1. The Morgan fingerprint density at radius 1 is 0.886 bits per heavy atom. The van der Waals surface area contributed by atoms with Crippen molar-refractivity contribution < 1.29 is 29.0 Å². The Morgan fingerprint density at radius 2 is 1.40 bits per heavy atom. The molecule has 0 aliphatic rings. The van der Waals surface area contributed by atoms with Crippen molar-refractivity contribution in [2.45, 2.75) is 84.7 Å². The summed E-state index contributed by atoms with van der Waals surface area (Å²) in [6, 6.07) is 6.04. The lowest BCUT2D eigenvalue weighted by Crippen LogP contribution is -2.59. The Labute approximate surface area is 207 Å². The van der Waals surface area contributed by atoms with E-state index in [1.165, 1.54) is 0 Å². The standard InChI is InChI=1S/C25H40N4O6/c1-14(2)18(21(26)31)28-22(32)19(15(3)4)29-23(33)20(30)17(13-16-11-9-8-10-12-16)27-24(34)35-25(5,6)7/h8-12,14-15,17-20,30H,13H2,1-7H3,(H2,26,31)(H,27,34)(H,28,32)(H,29,33)/t17-,18-,19-,20+/m0/s1. The number of carbonyl (C=O) groups excluding carboxylic acids is 4. The molecule has 0 heterocycles. The van der Waals surface area contributed by atoms with Crippen LogP contribution in [0.1, 0.15) is 54.0 Å². The Morgan fingerprint density at radius 3 is 1.86 bits per heavy atom. The molecule has 0 saturated carbocycles. The summed E-state index contributed by atoms with van der Waals surface area (Å²) >= 11 is 0. The molecule has 0 spiro atoms. The van der Waals surface area contributed by atoms with Crippen LogP contribution in [0.15, 0.2) is 30.3 Å². The Hall–Kier alpha value is -3.14. The van der Waals surface area contributed by atoms with Crippen molar-refractivity contribution in [2.75, 3.05) is 0 Å². The zero-order valence-electron chi connectivity index (χ0n) is 21.6. The van der Waals surface area contributed by atoms with Crippen molar-refractivity contribution in [3.05, 3.63) is 35.9 Å². The molecule has 35 heavy (non-hydrogen) atoms. The number of rotatable bonds is 11. The van der Waals surface area contributed by atoms with Gasteiger partial charge in [0.1, 0.15) is 17.7 Å². The first-order valence-corrected chi connectivity index (χ1v) is 11.7. The van der Waals surface area contributed by atoms with Gasteiger partial charge in [-0.3, -0.25) is 14.4 Å². The topological polar surface area (TPSA) is 160 Å². The van der Waals surface area contributed by atoms with Crippen LogP contribution >= 0.6 is 0 Å². The number of hydrogen-bond donors (Lipinski definition) is 5. The quantitative estimate of drug-likeness (QED) is 0.312. The smallest absolute Gasteiger partial charge is 0.407 e. The second-order valence-corrected chi connectivity index (χ2v) is 10.3. The summed E-state index contributed by atoms with van der Waals surface area (Å²) in [5.74, 6) is -2.75. The van der Waals surface area contributed by atoms with Gasteiger partial charge in [-0.05, 0) is 44.6 Å². The molecule has 0 bridgehead atoms. The first-order valence-electron chi connectivity index (χ1n) is 11.7. The summed E-state index contributed by atoms with van der Waals surface area (Å²) in [4.78, 5) is 49.9. The van der Waals surface area contributed by atoms with Crippen LogP contribution in [-0.2, 0) is 25.5 Å². The number of hydrogen-bond acceptors (Lipinski definition) is 6. The number of amides is 4. The Bertz CT molecular complexity index is 866. The molecule has 0 aliphatic carbocycles. The number of primary amides is 1. The first-order chi connectivity index (χ1) is 16.1. The highest BCUT2D eigenvalue weighted by Gasteiger charge is 2.34. The fourth-order valence-corrected chi connectivity index (χ4v) is 3.33. The number of nitrogens with one attached hydrogen (secondary N) is 3. The van der Waals surface area contributed by atoms with E-state index in [0.29, 0.717) is 0 Å². The third kappa shape index (κ3) is 10.3. The van der Waals surface area contributed by atoms with Crippen LogP contribution in [0, 0.1) is 11.8 Å². The number of ether oxygens (including phenoxy) is 1. The molecule has 10 nitrogen and oxygen atoms in total. The normalized spacial score (nSPS) is 15.0. The van der Waals surface area contributed by atoms with Gasteiger partial charge in [0.25, 0.3) is 5.91 Å². The lowest BCUT2D eigenvalue weighted by Gasteiger charge is -2.29. The molecule has 0 saturated heterocycles. The molecule has 0 radical (unpaired) electrons. The highest BCUT2D eigenvalue weighted by Crippen LogP contribution is 2.12. The summed E-state index contributed by atoms with van der Waals surface area (Å²) in [5, 5.41) is 18.5. The Kier molecular flexibility index (Phi) is 11.2. The average molecular weight is 493 g/mol. The fraction of sp³-hybridized carbons (Fsp3) is 0.600. The van der Waals surface area contributed by atoms with Crippen molar-refractivity contribution in [3.63, 3.8) is 0 Å². The van der Waals surface area contributed by atoms with E-state index in [1.807, 2.05) is 6.07 Å². The van der Waals surface area contributed by atoms with E-state index < -0.39 is 53.6 Å². The minimum atomic E-state index is -1.69. The van der Waals surface area contributed by atoms with E-state index in [0.717, 1.165) is 5.56 Å². The zero-order valence-corrected chi connectivity index (χ0v) is 21.6. The van der Waals surface area contributed by atoms with Gasteiger partial charge in [0.15, 0.2) is 6.10 Å². The second kappa shape index (κ2) is 13.1. The maximum atomic E-state index is 13.0. The van der Waals surface area contributed by atoms with Crippen LogP contribution in [0.4, 0.5) is 4.79 Å². The third-order valence-corrected chi connectivity index (χ3v) is 5.17. The van der Waals surface area contributed by atoms with Gasteiger partial charge in [-0.2, -0.15) is 0 Å². The van der Waals surface area contributed by atoms with Gasteiger partial charge in [0.05, 0.1) is 6.04 Å². The summed E-state index contributed by atoms with van der Waals surface area (Å²) in [5.41, 5.74) is 5.38. The summed E-state index contributed by atoms with van der Waals surface area (Å²) in [6.07, 6.45) is -2.33. The maximum Gasteiger partial charge on any atom is 0.407 e. The van der Waals surface area contributed by atoms with E-state index in [-0.39, 0.29) is 18.3 Å². The number of aliphatic hydroxyl groups excluding tert-OH is 1. The van der Waals surface area contributed by atoms with Crippen LogP contribution in [0.2, 0.25) is 0 Å². The van der Waals surface area contributed by atoms with Crippen molar-refractivity contribution >= 4 is 23.8 Å². The molecule has 196 valence electrons. The van der Waals surface area contributed by atoms with Gasteiger partial charge < -0.3 is 31.5 Å². The molecular formula is C25H40N4O6. The van der Waals surface area contributed by atoms with Crippen LogP contribution < -0.4 is 21.7 Å². The SMILES string of the molecule is CC(C)[C@H](NC(=O)[C@@H](NC(=O)[C@H](O)[C@H](Cc1ccccc1)NC(=O)OC(C)(C)C)C(C)C)C(N)=O. The molecule has 0 fully saturated rings. The zero-order chi connectivity index (χ0) is 26.9. The fourth-order valence-electron chi connectivity index (χ4n) is 3.33. The molecule has 4 atom stereocenters. The molecule has 0 aliphatic heterocycles. The molecule has 6 N–H and O–H groups in total. The van der Waals surface area contributed by atoms with E-state index >= 15 is 0 Å². The lowest BCUT2D eigenvalue weighted by atomic mass is 9.98. The number of alkyl carbamates (subject to hydrolysis) is 1. The number of benzene rings is 1. The van der Waals surface area contributed by atoms with E-state index in [4.69, 9.17) is 10.5 Å². The van der Waals surface area contributed by atoms with Gasteiger partial charge in [-0.15, -0.1) is 0 Å². The Balaban J connectivity index is 3.05. The predicted octanol–water partition coefficient (Wildman–Crippen LogP) is 1.25. The van der Waals surface area contributed by atoms with E-state index in [2.05, 4.69) is 16.0 Å². The molecular weight excluding hydrogens is 452 g/mol. The van der Waals surface area contributed by atoms with Crippen molar-refractivity contribution in [1.82, 2.24) is 16.0 Å². The van der Waals surface area contributed by atoms with Crippen LogP contribution in [0.5, 0.6) is 0 Å². The predicted molar refractivity (Wildman–Crippen MR) is 132 cm³/mol. The number of carbonyl (C=O) groups is 4. The largest absolute Gasteiger partial charge is 0.444 e. The van der Waals surface area contributed by atoms with Gasteiger partial charge in [0.2, 0.25) is 11.8 Å². The van der Waals surface area contributed by atoms with Crippen molar-refractivity contribution in [3.8, 4) is 0 Å².